The van der Waals surface area contributed by atoms with Gasteiger partial charge in [0.1, 0.15) is 23.0 Å². The van der Waals surface area contributed by atoms with Crippen molar-refractivity contribution >= 4 is 45.8 Å². The second-order valence-corrected chi connectivity index (χ2v) is 5.99. The second-order valence-electron chi connectivity index (χ2n) is 4.67. The minimum Gasteiger partial charge on any atom is -0.480 e. The van der Waals surface area contributed by atoms with Crippen LogP contribution in [0.2, 0.25) is 5.28 Å². The monoisotopic (exact) mass is 337 g/mol. The van der Waals surface area contributed by atoms with Crippen LogP contribution in [0.1, 0.15) is 5.01 Å². The van der Waals surface area contributed by atoms with Crippen LogP contribution in [0.4, 0.5) is 5.82 Å². The number of anilines is 1. The van der Waals surface area contributed by atoms with E-state index in [0.29, 0.717) is 18.0 Å². The number of aromatic nitrogens is 4. The van der Waals surface area contributed by atoms with Gasteiger partial charge in [0.15, 0.2) is 0 Å². The lowest BCUT2D eigenvalue weighted by molar-refractivity contribution is -0.137. The summed E-state index contributed by atoms with van der Waals surface area (Å²) in [5, 5.41) is 12.7. The number of fused-ring (bicyclic) bond motifs is 1. The predicted molar refractivity (Wildman–Crippen MR) is 84.4 cm³/mol. The summed E-state index contributed by atoms with van der Waals surface area (Å²) in [6.07, 6.45) is 3.42. The number of carbonyl (C=O) groups is 1. The fraction of sp³-hybridized carbons (Fsp3) is 0.231. The zero-order valence-electron chi connectivity index (χ0n) is 11.6. The first-order chi connectivity index (χ1) is 10.5. The SMILES string of the molecule is CN(Cc1nccs1)c1nc(Cl)nc2c1ccn2CC(=O)O. The van der Waals surface area contributed by atoms with E-state index in [0.717, 1.165) is 10.4 Å². The fourth-order valence-electron chi connectivity index (χ4n) is 2.20. The number of hydrogen-bond donors (Lipinski definition) is 1. The third kappa shape index (κ3) is 2.88. The Morgan fingerprint density at radius 1 is 1.50 bits per heavy atom. The maximum atomic E-state index is 10.9. The standard InChI is InChI=1S/C13H12ClN5O2S/c1-18(6-9-15-3-5-22-9)11-8-2-4-19(7-10(20)21)12(8)17-13(14)16-11/h2-5H,6-7H2,1H3,(H,20,21). The molecule has 0 saturated carbocycles. The van der Waals surface area contributed by atoms with E-state index in [9.17, 15) is 4.79 Å². The van der Waals surface area contributed by atoms with Gasteiger partial charge in [-0.25, -0.2) is 4.98 Å². The highest BCUT2D eigenvalue weighted by molar-refractivity contribution is 7.09. The van der Waals surface area contributed by atoms with E-state index in [1.807, 2.05) is 17.3 Å². The van der Waals surface area contributed by atoms with Crippen LogP contribution in [0.3, 0.4) is 0 Å². The van der Waals surface area contributed by atoms with Gasteiger partial charge < -0.3 is 14.6 Å². The molecule has 1 N–H and O–H groups in total. The molecule has 0 saturated heterocycles. The molecule has 0 unspecified atom stereocenters. The largest absolute Gasteiger partial charge is 0.480 e. The topological polar surface area (TPSA) is 84.1 Å². The molecule has 3 aromatic heterocycles. The molecular weight excluding hydrogens is 326 g/mol. The van der Waals surface area contributed by atoms with E-state index >= 15 is 0 Å². The Bertz CT molecular complexity index is 817. The van der Waals surface area contributed by atoms with Gasteiger partial charge in [-0.2, -0.15) is 9.97 Å². The number of carboxylic acids is 1. The molecule has 0 aliphatic rings. The number of aliphatic carboxylic acids is 1. The van der Waals surface area contributed by atoms with Crippen molar-refractivity contribution in [1.29, 1.82) is 0 Å². The van der Waals surface area contributed by atoms with Crippen molar-refractivity contribution in [3.05, 3.63) is 34.1 Å². The summed E-state index contributed by atoms with van der Waals surface area (Å²) in [7, 11) is 1.88. The average molecular weight is 338 g/mol. The van der Waals surface area contributed by atoms with E-state index in [4.69, 9.17) is 16.7 Å². The molecule has 22 heavy (non-hydrogen) atoms. The first kappa shape index (κ1) is 14.7. The fourth-order valence-corrected chi connectivity index (χ4v) is 3.03. The van der Waals surface area contributed by atoms with Crippen molar-refractivity contribution in [2.45, 2.75) is 13.1 Å². The van der Waals surface area contributed by atoms with Crippen molar-refractivity contribution in [3.63, 3.8) is 0 Å². The molecule has 0 spiro atoms. The molecular formula is C13H12ClN5O2S. The number of nitrogens with zero attached hydrogens (tertiary/aromatic N) is 5. The lowest BCUT2D eigenvalue weighted by Crippen LogP contribution is -2.18. The lowest BCUT2D eigenvalue weighted by Gasteiger charge is -2.17. The zero-order chi connectivity index (χ0) is 15.7. The lowest BCUT2D eigenvalue weighted by atomic mass is 10.3. The Hall–Kier alpha value is -2.19. The van der Waals surface area contributed by atoms with Crippen LogP contribution in [0.15, 0.2) is 23.8 Å². The van der Waals surface area contributed by atoms with Crippen LogP contribution in [0, 0.1) is 0 Å². The zero-order valence-corrected chi connectivity index (χ0v) is 13.2. The molecule has 0 amide bonds. The third-order valence-electron chi connectivity index (χ3n) is 3.09. The van der Waals surface area contributed by atoms with E-state index in [1.54, 1.807) is 29.8 Å². The highest BCUT2D eigenvalue weighted by atomic mass is 35.5. The summed E-state index contributed by atoms with van der Waals surface area (Å²) in [4.78, 5) is 25.5. The summed E-state index contributed by atoms with van der Waals surface area (Å²) in [6, 6.07) is 1.79. The highest BCUT2D eigenvalue weighted by Gasteiger charge is 2.16. The van der Waals surface area contributed by atoms with Crippen LogP contribution >= 0.6 is 22.9 Å². The van der Waals surface area contributed by atoms with E-state index in [1.165, 1.54) is 4.57 Å². The minimum absolute atomic E-state index is 0.0822. The van der Waals surface area contributed by atoms with Crippen molar-refractivity contribution in [2.24, 2.45) is 0 Å². The molecule has 3 aromatic rings. The van der Waals surface area contributed by atoms with Gasteiger partial charge in [-0.3, -0.25) is 4.79 Å². The molecule has 0 aliphatic carbocycles. The summed E-state index contributed by atoms with van der Waals surface area (Å²) in [5.41, 5.74) is 0.503. The molecule has 0 fully saturated rings. The average Bonchev–Trinajstić information content (AvgIpc) is 3.08. The van der Waals surface area contributed by atoms with Gasteiger partial charge >= 0.3 is 5.97 Å². The summed E-state index contributed by atoms with van der Waals surface area (Å²) in [6.45, 7) is 0.413. The Labute approximate surface area is 134 Å². The molecule has 3 heterocycles. The van der Waals surface area contributed by atoms with Gasteiger partial charge in [0.05, 0.1) is 11.9 Å². The van der Waals surface area contributed by atoms with Gasteiger partial charge in [0, 0.05) is 24.8 Å². The molecule has 0 radical (unpaired) electrons. The maximum absolute atomic E-state index is 10.9. The molecule has 0 aromatic carbocycles. The Morgan fingerprint density at radius 3 is 3.00 bits per heavy atom. The molecule has 0 bridgehead atoms. The quantitative estimate of drug-likeness (QED) is 0.719. The number of rotatable bonds is 5. The molecule has 0 aliphatic heterocycles. The van der Waals surface area contributed by atoms with Crippen molar-refractivity contribution in [3.8, 4) is 0 Å². The summed E-state index contributed by atoms with van der Waals surface area (Å²) >= 11 is 7.55. The molecule has 9 heteroatoms. The Balaban J connectivity index is 2.01. The Kier molecular flexibility index (Phi) is 3.95. The normalized spacial score (nSPS) is 11.0. The van der Waals surface area contributed by atoms with Gasteiger partial charge in [0.25, 0.3) is 0 Å². The van der Waals surface area contributed by atoms with Gasteiger partial charge in [-0.05, 0) is 17.7 Å². The van der Waals surface area contributed by atoms with Crippen LogP contribution in [-0.4, -0.2) is 37.6 Å². The smallest absolute Gasteiger partial charge is 0.323 e. The number of hydrogen-bond acceptors (Lipinski definition) is 6. The number of halogens is 1. The predicted octanol–water partition coefficient (Wildman–Crippen LogP) is 2.26. The van der Waals surface area contributed by atoms with Crippen molar-refractivity contribution < 1.29 is 9.90 Å². The van der Waals surface area contributed by atoms with Gasteiger partial charge in [0.2, 0.25) is 5.28 Å². The van der Waals surface area contributed by atoms with Crippen molar-refractivity contribution in [2.75, 3.05) is 11.9 Å². The summed E-state index contributed by atoms with van der Waals surface area (Å²) in [5.74, 6) is -0.292. The van der Waals surface area contributed by atoms with Crippen molar-refractivity contribution in [1.82, 2.24) is 19.5 Å². The van der Waals surface area contributed by atoms with E-state index in [2.05, 4.69) is 15.0 Å². The maximum Gasteiger partial charge on any atom is 0.323 e. The van der Waals surface area contributed by atoms with Crippen LogP contribution in [-0.2, 0) is 17.9 Å². The second kappa shape index (κ2) is 5.90. The first-order valence-corrected chi connectivity index (χ1v) is 7.64. The van der Waals surface area contributed by atoms with E-state index < -0.39 is 5.97 Å². The minimum atomic E-state index is -0.940. The van der Waals surface area contributed by atoms with Crippen LogP contribution in [0.25, 0.3) is 11.0 Å². The molecule has 7 nitrogen and oxygen atoms in total. The third-order valence-corrected chi connectivity index (χ3v) is 4.03. The van der Waals surface area contributed by atoms with Crippen LogP contribution in [0.5, 0.6) is 0 Å². The van der Waals surface area contributed by atoms with E-state index in [-0.39, 0.29) is 11.8 Å². The van der Waals surface area contributed by atoms with Gasteiger partial charge in [-0.15, -0.1) is 11.3 Å². The van der Waals surface area contributed by atoms with Gasteiger partial charge in [-0.1, -0.05) is 0 Å². The summed E-state index contributed by atoms with van der Waals surface area (Å²) < 4.78 is 1.53. The number of carboxylic acid groups (broad SMARTS) is 1. The highest BCUT2D eigenvalue weighted by Crippen LogP contribution is 2.27. The Morgan fingerprint density at radius 2 is 2.32 bits per heavy atom. The van der Waals surface area contributed by atoms with Crippen LogP contribution < -0.4 is 4.90 Å². The molecule has 0 atom stereocenters. The molecule has 114 valence electrons. The molecule has 3 rings (SSSR count). The first-order valence-electron chi connectivity index (χ1n) is 6.38. The number of thiazole rings is 1.